The van der Waals surface area contributed by atoms with Gasteiger partial charge in [0.1, 0.15) is 5.75 Å². The summed E-state index contributed by atoms with van der Waals surface area (Å²) in [5.41, 5.74) is 3.08. The summed E-state index contributed by atoms with van der Waals surface area (Å²) in [6.07, 6.45) is 15.6. The van der Waals surface area contributed by atoms with Crippen LogP contribution in [0.25, 0.3) is 0 Å². The molecule has 1 saturated carbocycles. The zero-order valence-corrected chi connectivity index (χ0v) is 15.2. The van der Waals surface area contributed by atoms with Gasteiger partial charge in [-0.05, 0) is 60.6 Å². The maximum Gasteiger partial charge on any atom is 0.122 e. The van der Waals surface area contributed by atoms with E-state index in [2.05, 4.69) is 25.1 Å². The van der Waals surface area contributed by atoms with E-state index in [9.17, 15) is 0 Å². The fraction of sp³-hybridized carbons (Fsp3) is 0.727. The Kier molecular flexibility index (Phi) is 6.02. The van der Waals surface area contributed by atoms with Crippen molar-refractivity contribution in [1.82, 2.24) is 0 Å². The molecule has 3 rings (SSSR count). The minimum absolute atomic E-state index is 0.920. The maximum absolute atomic E-state index is 5.60. The lowest BCUT2D eigenvalue weighted by atomic mass is 9.73. The number of benzene rings is 1. The summed E-state index contributed by atoms with van der Waals surface area (Å²) in [6, 6.07) is 6.66. The van der Waals surface area contributed by atoms with Gasteiger partial charge in [-0.2, -0.15) is 0 Å². The highest BCUT2D eigenvalue weighted by molar-refractivity contribution is 5.42. The minimum atomic E-state index is 0.920. The fourth-order valence-electron chi connectivity index (χ4n) is 5.11. The SMILES string of the molecule is CCCCCCCC[C@H]1CC[C@@H]2Cc3c(cccc3OC)C[C@H]12. The van der Waals surface area contributed by atoms with Gasteiger partial charge in [0.15, 0.2) is 0 Å². The van der Waals surface area contributed by atoms with Crippen LogP contribution in [-0.4, -0.2) is 7.11 Å². The molecule has 1 fully saturated rings. The first-order chi connectivity index (χ1) is 11.3. The average molecular weight is 315 g/mol. The molecule has 1 heteroatoms. The van der Waals surface area contributed by atoms with E-state index >= 15 is 0 Å². The zero-order chi connectivity index (χ0) is 16.1. The van der Waals surface area contributed by atoms with Crippen molar-refractivity contribution in [2.45, 2.75) is 77.6 Å². The predicted octanol–water partition coefficient (Wildman–Crippen LogP) is 6.19. The molecule has 0 N–H and O–H groups in total. The molecule has 1 aromatic rings. The molecule has 0 amide bonds. The third-order valence-corrected chi connectivity index (χ3v) is 6.42. The highest BCUT2D eigenvalue weighted by Gasteiger charge is 2.39. The first-order valence-electron chi connectivity index (χ1n) is 9.98. The van der Waals surface area contributed by atoms with Gasteiger partial charge < -0.3 is 4.74 Å². The van der Waals surface area contributed by atoms with E-state index in [4.69, 9.17) is 4.74 Å². The van der Waals surface area contributed by atoms with Crippen molar-refractivity contribution in [3.8, 4) is 5.75 Å². The van der Waals surface area contributed by atoms with E-state index in [1.54, 1.807) is 5.56 Å². The molecule has 3 atom stereocenters. The number of methoxy groups -OCH3 is 1. The van der Waals surface area contributed by atoms with Crippen molar-refractivity contribution in [3.63, 3.8) is 0 Å². The summed E-state index contributed by atoms with van der Waals surface area (Å²) >= 11 is 0. The molecule has 0 aromatic heterocycles. The second-order valence-electron chi connectivity index (χ2n) is 7.82. The molecule has 1 aromatic carbocycles. The van der Waals surface area contributed by atoms with Crippen molar-refractivity contribution >= 4 is 0 Å². The van der Waals surface area contributed by atoms with Gasteiger partial charge in [0.05, 0.1) is 7.11 Å². The normalized spacial score (nSPS) is 25.9. The van der Waals surface area contributed by atoms with Crippen LogP contribution in [0.5, 0.6) is 5.75 Å². The number of unbranched alkanes of at least 4 members (excludes halogenated alkanes) is 5. The molecule has 2 aliphatic carbocycles. The molecule has 128 valence electrons. The summed E-state index contributed by atoms with van der Waals surface area (Å²) in [5.74, 6) is 3.99. The summed E-state index contributed by atoms with van der Waals surface area (Å²) in [5, 5.41) is 0. The highest BCUT2D eigenvalue weighted by atomic mass is 16.5. The highest BCUT2D eigenvalue weighted by Crippen LogP contribution is 2.48. The van der Waals surface area contributed by atoms with Crippen LogP contribution in [0.1, 0.15) is 75.8 Å². The lowest BCUT2D eigenvalue weighted by Gasteiger charge is -2.32. The number of hydrogen-bond acceptors (Lipinski definition) is 1. The van der Waals surface area contributed by atoms with Gasteiger partial charge in [-0.1, -0.05) is 64.0 Å². The first-order valence-corrected chi connectivity index (χ1v) is 9.98. The van der Waals surface area contributed by atoms with E-state index < -0.39 is 0 Å². The molecule has 2 aliphatic rings. The molecule has 0 unspecified atom stereocenters. The van der Waals surface area contributed by atoms with Gasteiger partial charge in [0.25, 0.3) is 0 Å². The Labute approximate surface area is 142 Å². The van der Waals surface area contributed by atoms with Crippen molar-refractivity contribution < 1.29 is 4.74 Å². The number of rotatable bonds is 8. The first kappa shape index (κ1) is 16.9. The van der Waals surface area contributed by atoms with E-state index in [1.165, 1.54) is 76.2 Å². The van der Waals surface area contributed by atoms with Crippen LogP contribution in [0.2, 0.25) is 0 Å². The van der Waals surface area contributed by atoms with Gasteiger partial charge in [-0.15, -0.1) is 0 Å². The van der Waals surface area contributed by atoms with Crippen LogP contribution in [0.15, 0.2) is 18.2 Å². The van der Waals surface area contributed by atoms with Crippen molar-refractivity contribution in [2.24, 2.45) is 17.8 Å². The lowest BCUT2D eigenvalue weighted by Crippen LogP contribution is -2.25. The van der Waals surface area contributed by atoms with Crippen LogP contribution in [0.4, 0.5) is 0 Å². The molecule has 23 heavy (non-hydrogen) atoms. The Bertz CT molecular complexity index is 493. The summed E-state index contributed by atoms with van der Waals surface area (Å²) in [4.78, 5) is 0. The largest absolute Gasteiger partial charge is 0.496 e. The van der Waals surface area contributed by atoms with Gasteiger partial charge in [-0.3, -0.25) is 0 Å². The standard InChI is InChI=1S/C22H34O/c1-3-4-5-6-7-8-10-17-13-14-19-16-21-18(15-20(17)19)11-9-12-22(21)23-2/h9,11-12,17,19-20H,3-8,10,13-16H2,1-2H3/t17-,19+,20+/m0/s1. The molecule has 0 bridgehead atoms. The van der Waals surface area contributed by atoms with Crippen LogP contribution >= 0.6 is 0 Å². The van der Waals surface area contributed by atoms with Gasteiger partial charge in [0.2, 0.25) is 0 Å². The molecular formula is C22H34O. The Hall–Kier alpha value is -0.980. The van der Waals surface area contributed by atoms with Crippen molar-refractivity contribution in [2.75, 3.05) is 7.11 Å². The van der Waals surface area contributed by atoms with Gasteiger partial charge in [-0.25, -0.2) is 0 Å². The molecular weight excluding hydrogens is 280 g/mol. The zero-order valence-electron chi connectivity index (χ0n) is 15.2. The predicted molar refractivity (Wildman–Crippen MR) is 98.1 cm³/mol. The van der Waals surface area contributed by atoms with E-state index in [0.29, 0.717) is 0 Å². The molecule has 0 spiro atoms. The second-order valence-corrected chi connectivity index (χ2v) is 7.82. The third-order valence-electron chi connectivity index (χ3n) is 6.42. The molecule has 0 heterocycles. The van der Waals surface area contributed by atoms with E-state index in [0.717, 1.165) is 23.5 Å². The Balaban J connectivity index is 1.53. The summed E-state index contributed by atoms with van der Waals surface area (Å²) in [7, 11) is 1.82. The summed E-state index contributed by atoms with van der Waals surface area (Å²) in [6.45, 7) is 2.30. The molecule has 0 saturated heterocycles. The van der Waals surface area contributed by atoms with Crippen LogP contribution in [-0.2, 0) is 12.8 Å². The van der Waals surface area contributed by atoms with E-state index in [1.807, 2.05) is 7.11 Å². The Morgan fingerprint density at radius 2 is 1.83 bits per heavy atom. The quantitative estimate of drug-likeness (QED) is 0.520. The van der Waals surface area contributed by atoms with Crippen LogP contribution in [0, 0.1) is 17.8 Å². The molecule has 0 aliphatic heterocycles. The monoisotopic (exact) mass is 314 g/mol. The smallest absolute Gasteiger partial charge is 0.122 e. The lowest BCUT2D eigenvalue weighted by molar-refractivity contribution is 0.270. The number of fused-ring (bicyclic) bond motifs is 2. The second kappa shape index (κ2) is 8.22. The van der Waals surface area contributed by atoms with Crippen molar-refractivity contribution in [1.29, 1.82) is 0 Å². The van der Waals surface area contributed by atoms with Gasteiger partial charge >= 0.3 is 0 Å². The molecule has 0 radical (unpaired) electrons. The minimum Gasteiger partial charge on any atom is -0.496 e. The average Bonchev–Trinajstić information content (AvgIpc) is 2.97. The number of hydrogen-bond donors (Lipinski definition) is 0. The maximum atomic E-state index is 5.60. The van der Waals surface area contributed by atoms with Gasteiger partial charge in [0, 0.05) is 0 Å². The Morgan fingerprint density at radius 1 is 1.00 bits per heavy atom. The number of ether oxygens (including phenoxy) is 1. The van der Waals surface area contributed by atoms with Crippen LogP contribution in [0.3, 0.4) is 0 Å². The topological polar surface area (TPSA) is 9.23 Å². The Morgan fingerprint density at radius 3 is 2.65 bits per heavy atom. The van der Waals surface area contributed by atoms with E-state index in [-0.39, 0.29) is 0 Å². The van der Waals surface area contributed by atoms with Crippen LogP contribution < -0.4 is 4.74 Å². The molecule has 1 nitrogen and oxygen atoms in total. The fourth-order valence-corrected chi connectivity index (χ4v) is 5.11. The van der Waals surface area contributed by atoms with Crippen molar-refractivity contribution in [3.05, 3.63) is 29.3 Å². The third kappa shape index (κ3) is 3.92. The summed E-state index contributed by atoms with van der Waals surface area (Å²) < 4.78 is 5.60.